The van der Waals surface area contributed by atoms with Gasteiger partial charge in [-0.3, -0.25) is 4.79 Å². The Morgan fingerprint density at radius 2 is 1.75 bits per heavy atom. The van der Waals surface area contributed by atoms with E-state index in [2.05, 4.69) is 33.8 Å². The quantitative estimate of drug-likeness (QED) is 0.846. The Kier molecular flexibility index (Phi) is 3.74. The van der Waals surface area contributed by atoms with Gasteiger partial charge in [0.25, 0.3) is 0 Å². The van der Waals surface area contributed by atoms with Crippen molar-refractivity contribution in [2.75, 3.05) is 0 Å². The number of rotatable bonds is 3. The molecule has 1 aromatic rings. The molecule has 1 N–H and O–H groups in total. The van der Waals surface area contributed by atoms with E-state index in [4.69, 9.17) is 5.11 Å². The van der Waals surface area contributed by atoms with Crippen molar-refractivity contribution in [3.8, 4) is 0 Å². The molecule has 0 bridgehead atoms. The van der Waals surface area contributed by atoms with Gasteiger partial charge < -0.3 is 5.11 Å². The molecule has 1 atom stereocenters. The van der Waals surface area contributed by atoms with Gasteiger partial charge in [-0.1, -0.05) is 13.0 Å². The fourth-order valence-electron chi connectivity index (χ4n) is 2.13. The standard InChI is InChI=1S/C14H20O2/c1-8-6-13(9(2)7-14(15)16)12(5)11(4)10(8)3/h6,9H,7H2,1-5H3,(H,15,16)/t9-/m1/s1. The molecule has 0 fully saturated rings. The minimum absolute atomic E-state index is 0.0792. The number of hydrogen-bond acceptors (Lipinski definition) is 1. The molecule has 0 aromatic heterocycles. The molecule has 2 heteroatoms. The molecule has 0 radical (unpaired) electrons. The zero-order valence-electron chi connectivity index (χ0n) is 10.7. The second-order valence-electron chi connectivity index (χ2n) is 4.66. The van der Waals surface area contributed by atoms with Crippen LogP contribution in [0, 0.1) is 27.7 Å². The zero-order chi connectivity index (χ0) is 12.5. The van der Waals surface area contributed by atoms with E-state index in [1.54, 1.807) is 0 Å². The molecule has 0 spiro atoms. The molecule has 88 valence electrons. The summed E-state index contributed by atoms with van der Waals surface area (Å²) in [4.78, 5) is 10.7. The van der Waals surface area contributed by atoms with Crippen molar-refractivity contribution in [1.29, 1.82) is 0 Å². The summed E-state index contributed by atoms with van der Waals surface area (Å²) in [5, 5.41) is 8.83. The third-order valence-corrected chi connectivity index (χ3v) is 3.53. The maximum Gasteiger partial charge on any atom is 0.303 e. The van der Waals surface area contributed by atoms with Crippen LogP contribution < -0.4 is 0 Å². The topological polar surface area (TPSA) is 37.3 Å². The van der Waals surface area contributed by atoms with Gasteiger partial charge in [-0.05, 0) is 61.4 Å². The van der Waals surface area contributed by atoms with E-state index >= 15 is 0 Å². The van der Waals surface area contributed by atoms with E-state index in [1.807, 2.05) is 6.92 Å². The molecule has 0 aliphatic heterocycles. The largest absolute Gasteiger partial charge is 0.481 e. The third kappa shape index (κ3) is 2.43. The lowest BCUT2D eigenvalue weighted by molar-refractivity contribution is -0.137. The summed E-state index contributed by atoms with van der Waals surface area (Å²) >= 11 is 0. The van der Waals surface area contributed by atoms with Crippen LogP contribution in [0.4, 0.5) is 0 Å². The fourth-order valence-corrected chi connectivity index (χ4v) is 2.13. The number of carbonyl (C=O) groups is 1. The maximum absolute atomic E-state index is 10.7. The van der Waals surface area contributed by atoms with E-state index in [-0.39, 0.29) is 12.3 Å². The summed E-state index contributed by atoms with van der Waals surface area (Å²) < 4.78 is 0. The lowest BCUT2D eigenvalue weighted by Crippen LogP contribution is -2.06. The van der Waals surface area contributed by atoms with Crippen molar-refractivity contribution in [2.24, 2.45) is 0 Å². The van der Waals surface area contributed by atoms with Gasteiger partial charge in [-0.2, -0.15) is 0 Å². The van der Waals surface area contributed by atoms with Crippen LogP contribution in [0.1, 0.15) is 47.1 Å². The van der Waals surface area contributed by atoms with Crippen molar-refractivity contribution in [1.82, 2.24) is 0 Å². The molecule has 0 saturated carbocycles. The Morgan fingerprint density at radius 3 is 2.25 bits per heavy atom. The summed E-state index contributed by atoms with van der Waals surface area (Å²) in [6.07, 6.45) is 0.197. The summed E-state index contributed by atoms with van der Waals surface area (Å²) in [7, 11) is 0. The monoisotopic (exact) mass is 220 g/mol. The SMILES string of the molecule is Cc1cc([C@H](C)CC(=O)O)c(C)c(C)c1C. The summed E-state index contributed by atoms with van der Waals surface area (Å²) in [6.45, 7) is 10.4. The number of aliphatic carboxylic acids is 1. The predicted molar refractivity (Wildman–Crippen MR) is 66.1 cm³/mol. The molecule has 0 aliphatic carbocycles. The van der Waals surface area contributed by atoms with Gasteiger partial charge in [-0.15, -0.1) is 0 Å². The highest BCUT2D eigenvalue weighted by molar-refractivity contribution is 5.68. The number of carboxylic acid groups (broad SMARTS) is 1. The van der Waals surface area contributed by atoms with Crippen LogP contribution in [0.3, 0.4) is 0 Å². The van der Waals surface area contributed by atoms with Crippen LogP contribution in [-0.4, -0.2) is 11.1 Å². The van der Waals surface area contributed by atoms with Crippen LogP contribution in [-0.2, 0) is 4.79 Å². The highest BCUT2D eigenvalue weighted by atomic mass is 16.4. The minimum Gasteiger partial charge on any atom is -0.481 e. The molecule has 1 rings (SSSR count). The molecule has 0 aliphatic rings. The van der Waals surface area contributed by atoms with Crippen molar-refractivity contribution >= 4 is 5.97 Å². The number of hydrogen-bond donors (Lipinski definition) is 1. The van der Waals surface area contributed by atoms with Gasteiger partial charge in [0.15, 0.2) is 0 Å². The zero-order valence-corrected chi connectivity index (χ0v) is 10.7. The molecule has 0 saturated heterocycles. The van der Waals surface area contributed by atoms with Crippen LogP contribution in [0.2, 0.25) is 0 Å². The van der Waals surface area contributed by atoms with Gasteiger partial charge in [-0.25, -0.2) is 0 Å². The van der Waals surface area contributed by atoms with Gasteiger partial charge in [0.2, 0.25) is 0 Å². The van der Waals surface area contributed by atoms with Gasteiger partial charge in [0, 0.05) is 0 Å². The van der Waals surface area contributed by atoms with E-state index in [1.165, 1.54) is 27.8 Å². The Hall–Kier alpha value is -1.31. The second kappa shape index (κ2) is 4.69. The Bertz CT molecular complexity index is 419. The Morgan fingerprint density at radius 1 is 1.19 bits per heavy atom. The lowest BCUT2D eigenvalue weighted by atomic mass is 9.87. The lowest BCUT2D eigenvalue weighted by Gasteiger charge is -2.18. The fraction of sp³-hybridized carbons (Fsp3) is 0.500. The van der Waals surface area contributed by atoms with Crippen molar-refractivity contribution in [3.05, 3.63) is 33.9 Å². The van der Waals surface area contributed by atoms with E-state index < -0.39 is 5.97 Å². The minimum atomic E-state index is -0.734. The molecule has 16 heavy (non-hydrogen) atoms. The first-order valence-corrected chi connectivity index (χ1v) is 5.63. The summed E-state index contributed by atoms with van der Waals surface area (Å²) in [6, 6.07) is 2.13. The highest BCUT2D eigenvalue weighted by Gasteiger charge is 2.15. The first-order valence-electron chi connectivity index (χ1n) is 5.63. The summed E-state index contributed by atoms with van der Waals surface area (Å²) in [5.41, 5.74) is 6.24. The van der Waals surface area contributed by atoms with Crippen molar-refractivity contribution in [3.63, 3.8) is 0 Å². The Balaban J connectivity index is 3.19. The van der Waals surface area contributed by atoms with Crippen LogP contribution in [0.5, 0.6) is 0 Å². The van der Waals surface area contributed by atoms with Gasteiger partial charge >= 0.3 is 5.97 Å². The van der Waals surface area contributed by atoms with Gasteiger partial charge in [0.1, 0.15) is 0 Å². The molecule has 1 aromatic carbocycles. The molecular formula is C14H20O2. The molecular weight excluding hydrogens is 200 g/mol. The number of aryl methyl sites for hydroxylation is 1. The second-order valence-corrected chi connectivity index (χ2v) is 4.66. The molecule has 0 unspecified atom stereocenters. The first-order chi connectivity index (χ1) is 7.34. The molecule has 2 nitrogen and oxygen atoms in total. The maximum atomic E-state index is 10.7. The first kappa shape index (κ1) is 12.8. The third-order valence-electron chi connectivity index (χ3n) is 3.53. The van der Waals surface area contributed by atoms with Crippen LogP contribution >= 0.6 is 0 Å². The average molecular weight is 220 g/mol. The van der Waals surface area contributed by atoms with E-state index in [9.17, 15) is 4.79 Å². The molecule has 0 amide bonds. The highest BCUT2D eigenvalue weighted by Crippen LogP contribution is 2.28. The summed E-state index contributed by atoms with van der Waals surface area (Å²) in [5.74, 6) is -0.654. The normalized spacial score (nSPS) is 12.6. The number of carboxylic acids is 1. The molecule has 0 heterocycles. The van der Waals surface area contributed by atoms with Crippen molar-refractivity contribution in [2.45, 2.75) is 47.0 Å². The Labute approximate surface area is 97.3 Å². The van der Waals surface area contributed by atoms with E-state index in [0.717, 1.165) is 0 Å². The smallest absolute Gasteiger partial charge is 0.303 e. The average Bonchev–Trinajstić information content (AvgIpc) is 2.19. The van der Waals surface area contributed by atoms with Gasteiger partial charge in [0.05, 0.1) is 6.42 Å². The van der Waals surface area contributed by atoms with Crippen LogP contribution in [0.25, 0.3) is 0 Å². The predicted octanol–water partition coefficient (Wildman–Crippen LogP) is 3.50. The van der Waals surface area contributed by atoms with Crippen molar-refractivity contribution < 1.29 is 9.90 Å². The number of benzene rings is 1. The van der Waals surface area contributed by atoms with Crippen LogP contribution in [0.15, 0.2) is 6.07 Å². The van der Waals surface area contributed by atoms with E-state index in [0.29, 0.717) is 0 Å².